The smallest absolute Gasteiger partial charge is 0.407 e. The van der Waals surface area contributed by atoms with Crippen LogP contribution in [0.3, 0.4) is 0 Å². The number of Topliss-reactive ketones (excluding diaryl/α,β-unsaturated/α-hetero) is 1. The summed E-state index contributed by atoms with van der Waals surface area (Å²) in [6.07, 6.45) is -0.000444. The minimum atomic E-state index is -1.02. The van der Waals surface area contributed by atoms with E-state index in [2.05, 4.69) is 22.2 Å². The molecule has 0 heterocycles. The second-order valence-corrected chi connectivity index (χ2v) is 8.09. The van der Waals surface area contributed by atoms with Crippen molar-refractivity contribution in [3.05, 3.63) is 65.2 Å². The highest BCUT2D eigenvalue weighted by Gasteiger charge is 2.30. The average molecular weight is 407 g/mol. The molecule has 2 aromatic rings. The van der Waals surface area contributed by atoms with E-state index < -0.39 is 23.5 Å². The summed E-state index contributed by atoms with van der Waals surface area (Å²) < 4.78 is 11.1. The number of alkyl carbamates (subject to hydrolysis) is 1. The van der Waals surface area contributed by atoms with E-state index in [1.807, 2.05) is 57.2 Å². The molecule has 0 unspecified atom stereocenters. The van der Waals surface area contributed by atoms with E-state index in [1.165, 1.54) is 0 Å². The van der Waals surface area contributed by atoms with Crippen molar-refractivity contribution < 1.29 is 23.9 Å². The number of amides is 1. The molecule has 0 aliphatic heterocycles. The van der Waals surface area contributed by atoms with E-state index in [9.17, 15) is 9.59 Å². The van der Waals surface area contributed by atoms with E-state index in [-0.39, 0.29) is 19.1 Å². The van der Waals surface area contributed by atoms with Crippen LogP contribution in [0.15, 0.2) is 48.5 Å². The van der Waals surface area contributed by atoms with Crippen molar-refractivity contribution >= 4 is 18.1 Å². The average Bonchev–Trinajstić information content (AvgIpc) is 3.03. The van der Waals surface area contributed by atoms with Gasteiger partial charge in [-0.3, -0.25) is 4.79 Å². The molecule has 3 rings (SSSR count). The Labute approximate surface area is 175 Å². The molecule has 1 N–H and O–H groups in total. The molecule has 0 saturated carbocycles. The molecule has 30 heavy (non-hydrogen) atoms. The van der Waals surface area contributed by atoms with Crippen LogP contribution in [0, 0.1) is 0 Å². The van der Waals surface area contributed by atoms with E-state index in [0.717, 1.165) is 28.5 Å². The molecular formula is C23H25N3O4. The molecule has 1 atom stereocenters. The number of carbonyl (C=O) groups excluding carboxylic acids is 2. The first-order valence-electron chi connectivity index (χ1n) is 9.77. The third kappa shape index (κ3) is 5.00. The monoisotopic (exact) mass is 407 g/mol. The van der Waals surface area contributed by atoms with Gasteiger partial charge in [0.2, 0.25) is 0 Å². The molecule has 1 amide bonds. The van der Waals surface area contributed by atoms with Gasteiger partial charge in [-0.2, -0.15) is 4.79 Å². The number of nitrogens with zero attached hydrogens (tertiary/aromatic N) is 2. The third-order valence-electron chi connectivity index (χ3n) is 4.85. The topological polar surface area (TPSA) is 101 Å². The van der Waals surface area contributed by atoms with Crippen molar-refractivity contribution in [1.82, 2.24) is 5.32 Å². The predicted molar refractivity (Wildman–Crippen MR) is 112 cm³/mol. The van der Waals surface area contributed by atoms with Gasteiger partial charge in [0.25, 0.3) is 5.78 Å². The van der Waals surface area contributed by atoms with Crippen LogP contribution < -0.4 is 5.32 Å². The van der Waals surface area contributed by atoms with Crippen LogP contribution in [0.4, 0.5) is 4.79 Å². The highest BCUT2D eigenvalue weighted by molar-refractivity contribution is 6.28. The minimum Gasteiger partial charge on any atom is -0.449 e. The summed E-state index contributed by atoms with van der Waals surface area (Å²) in [5, 5.41) is 2.51. The highest BCUT2D eigenvalue weighted by atomic mass is 16.5. The molecule has 2 aromatic carbocycles. The first-order valence-corrected chi connectivity index (χ1v) is 9.77. The van der Waals surface area contributed by atoms with Crippen LogP contribution >= 0.6 is 0 Å². The van der Waals surface area contributed by atoms with Gasteiger partial charge in [-0.05, 0) is 43.0 Å². The summed E-state index contributed by atoms with van der Waals surface area (Å²) in [6, 6.07) is 15.1. The minimum absolute atomic E-state index is 0.0709. The lowest BCUT2D eigenvalue weighted by molar-refractivity contribution is -0.120. The van der Waals surface area contributed by atoms with Crippen molar-refractivity contribution in [3.8, 4) is 11.1 Å². The van der Waals surface area contributed by atoms with E-state index in [0.29, 0.717) is 0 Å². The van der Waals surface area contributed by atoms with Gasteiger partial charge in [0.05, 0.1) is 12.2 Å². The van der Waals surface area contributed by atoms with Crippen LogP contribution in [0.25, 0.3) is 16.7 Å². The van der Waals surface area contributed by atoms with E-state index in [4.69, 9.17) is 15.0 Å². The highest BCUT2D eigenvalue weighted by Crippen LogP contribution is 2.44. The maximum absolute atomic E-state index is 12.4. The fourth-order valence-corrected chi connectivity index (χ4v) is 3.46. The maximum Gasteiger partial charge on any atom is 0.407 e. The second-order valence-electron chi connectivity index (χ2n) is 8.09. The van der Waals surface area contributed by atoms with Crippen molar-refractivity contribution in [3.63, 3.8) is 0 Å². The van der Waals surface area contributed by atoms with Gasteiger partial charge >= 0.3 is 12.3 Å². The van der Waals surface area contributed by atoms with E-state index >= 15 is 0 Å². The molecule has 0 spiro atoms. The zero-order chi connectivity index (χ0) is 21.7. The van der Waals surface area contributed by atoms with Crippen molar-refractivity contribution in [2.75, 3.05) is 13.2 Å². The molecule has 156 valence electrons. The number of ketones is 1. The predicted octanol–water partition coefficient (Wildman–Crippen LogP) is 3.58. The molecule has 0 aromatic heterocycles. The number of carbonyl (C=O) groups is 2. The lowest BCUT2D eigenvalue weighted by Crippen LogP contribution is -2.46. The summed E-state index contributed by atoms with van der Waals surface area (Å²) in [5.74, 6) is -0.669. The van der Waals surface area contributed by atoms with Crippen LogP contribution in [0.2, 0.25) is 0 Å². The summed E-state index contributed by atoms with van der Waals surface area (Å²) in [6.45, 7) is 5.57. The van der Waals surface area contributed by atoms with Gasteiger partial charge in [0.1, 0.15) is 12.6 Å². The maximum atomic E-state index is 12.4. The Morgan fingerprint density at radius 1 is 1.10 bits per heavy atom. The molecule has 7 nitrogen and oxygen atoms in total. The lowest BCUT2D eigenvalue weighted by Gasteiger charge is -2.23. The van der Waals surface area contributed by atoms with Gasteiger partial charge in [0, 0.05) is 5.92 Å². The number of hydrogen-bond acceptors (Lipinski definition) is 4. The van der Waals surface area contributed by atoms with Gasteiger partial charge in [0.15, 0.2) is 0 Å². The molecule has 0 fully saturated rings. The number of fused-ring (bicyclic) bond motifs is 3. The first kappa shape index (κ1) is 21.4. The number of nitrogens with one attached hydrogen (secondary N) is 1. The summed E-state index contributed by atoms with van der Waals surface area (Å²) in [4.78, 5) is 27.3. The summed E-state index contributed by atoms with van der Waals surface area (Å²) in [5.41, 5.74) is 12.6. The molecule has 0 bridgehead atoms. The number of hydrogen-bond donors (Lipinski definition) is 1. The van der Waals surface area contributed by atoms with Crippen LogP contribution in [0.1, 0.15) is 37.8 Å². The SMILES string of the molecule is CC(C)(C)OC[C@@H](NC(=O)OCC1c2ccccc2-c2ccccc21)C(=O)C=[N+]=[N-]. The fourth-order valence-electron chi connectivity index (χ4n) is 3.46. The molecule has 1 aliphatic carbocycles. The molecule has 7 heteroatoms. The second kappa shape index (κ2) is 9.03. The summed E-state index contributed by atoms with van der Waals surface area (Å²) >= 11 is 0. The van der Waals surface area contributed by atoms with Crippen LogP contribution in [-0.4, -0.2) is 47.7 Å². The Morgan fingerprint density at radius 3 is 2.20 bits per heavy atom. The number of benzene rings is 2. The summed E-state index contributed by atoms with van der Waals surface area (Å²) in [7, 11) is 0. The standard InChI is InChI=1S/C23H25N3O4/c1-23(2,3)30-14-20(21(27)12-25-24)26-22(28)29-13-19-17-10-6-4-8-15(17)16-9-5-7-11-18(16)19/h4-12,19-20H,13-14H2,1-3H3,(H,26,28)/t20-/m1/s1. The molecule has 0 radical (unpaired) electrons. The Bertz CT molecular complexity index is 944. The van der Waals surface area contributed by atoms with Crippen molar-refractivity contribution in [1.29, 1.82) is 0 Å². The fraction of sp³-hybridized carbons (Fsp3) is 0.348. The van der Waals surface area contributed by atoms with Crippen molar-refractivity contribution in [2.24, 2.45) is 0 Å². The Morgan fingerprint density at radius 2 is 1.67 bits per heavy atom. The lowest BCUT2D eigenvalue weighted by atomic mass is 9.98. The third-order valence-corrected chi connectivity index (χ3v) is 4.85. The zero-order valence-electron chi connectivity index (χ0n) is 17.3. The normalized spacial score (nSPS) is 13.6. The van der Waals surface area contributed by atoms with Gasteiger partial charge in [-0.25, -0.2) is 4.79 Å². The van der Waals surface area contributed by atoms with Crippen molar-refractivity contribution in [2.45, 2.75) is 38.3 Å². The van der Waals surface area contributed by atoms with Crippen LogP contribution in [0.5, 0.6) is 0 Å². The molecular weight excluding hydrogens is 382 g/mol. The number of ether oxygens (including phenoxy) is 2. The van der Waals surface area contributed by atoms with Gasteiger partial charge < -0.3 is 20.3 Å². The first-order chi connectivity index (χ1) is 14.3. The van der Waals surface area contributed by atoms with Gasteiger partial charge in [-0.1, -0.05) is 48.5 Å². The Balaban J connectivity index is 1.68. The molecule has 1 aliphatic rings. The molecule has 0 saturated heterocycles. The Hall–Kier alpha value is -3.28. The Kier molecular flexibility index (Phi) is 6.45. The van der Waals surface area contributed by atoms with E-state index in [1.54, 1.807) is 0 Å². The van der Waals surface area contributed by atoms with Crippen LogP contribution in [-0.2, 0) is 14.3 Å². The van der Waals surface area contributed by atoms with Gasteiger partial charge in [-0.15, -0.1) is 0 Å². The zero-order valence-corrected chi connectivity index (χ0v) is 17.3. The quantitative estimate of drug-likeness (QED) is 0.431. The number of rotatable bonds is 7. The largest absolute Gasteiger partial charge is 0.449 e.